The molecule has 0 unspecified atom stereocenters. The van der Waals surface area contributed by atoms with Crippen LogP contribution in [0.4, 0.5) is 0 Å². The fraction of sp³-hybridized carbons (Fsp3) is 0.100. The number of hydrogen-bond donors (Lipinski definition) is 0. The molecule has 0 atom stereocenters. The third-order valence-electron chi connectivity index (χ3n) is 10.3. The third kappa shape index (κ3) is 10.8. The second-order valence-corrected chi connectivity index (χ2v) is 27.1. The summed E-state index contributed by atoms with van der Waals surface area (Å²) in [4.78, 5) is 0. The molecular weight excluding hydrogens is 805 g/mol. The molecule has 0 radical (unpaired) electrons. The standard InChI is InChI=1S/C60H48N2Si2/c1-63(2,3)45-41-53(51-31-35-57(36-32-51)61-43-39-55-21-13-15-23-59(55)61)29-27-49(47-17-9-7-10-18-47)25-26-50(48-19-11-8-12-20-48)28-30-54(42-46-64(4,5)6)52-33-37-58(38-34-52)62-44-40-56-22-14-16-24-60(56)62/h7-24,31-40,43-44H,1-6H3. The van der Waals surface area contributed by atoms with E-state index >= 15 is 0 Å². The van der Waals surface area contributed by atoms with E-state index in [1.807, 2.05) is 60.7 Å². The van der Waals surface area contributed by atoms with Gasteiger partial charge in [-0.15, -0.1) is 11.1 Å². The van der Waals surface area contributed by atoms with E-state index in [0.717, 1.165) is 44.8 Å². The number of hydrogen-bond acceptors (Lipinski definition) is 0. The lowest BCUT2D eigenvalue weighted by Crippen LogP contribution is -2.16. The van der Waals surface area contributed by atoms with Crippen molar-refractivity contribution in [2.24, 2.45) is 0 Å². The number of nitrogens with zero attached hydrogens (tertiary/aromatic N) is 2. The first kappa shape index (κ1) is 42.8. The summed E-state index contributed by atoms with van der Waals surface area (Å²) in [7, 11) is -3.46. The summed E-state index contributed by atoms with van der Waals surface area (Å²) in [6.45, 7) is 13.5. The molecule has 0 aliphatic rings. The topological polar surface area (TPSA) is 9.86 Å². The van der Waals surface area contributed by atoms with Crippen molar-refractivity contribution in [2.45, 2.75) is 39.3 Å². The molecule has 0 amide bonds. The number of para-hydroxylation sites is 2. The highest BCUT2D eigenvalue weighted by molar-refractivity contribution is 6.84. The van der Waals surface area contributed by atoms with E-state index in [2.05, 4.69) is 228 Å². The van der Waals surface area contributed by atoms with Gasteiger partial charge in [-0.3, -0.25) is 0 Å². The monoisotopic (exact) mass is 852 g/mol. The van der Waals surface area contributed by atoms with Gasteiger partial charge in [-0.25, -0.2) is 0 Å². The molecule has 0 N–H and O–H groups in total. The van der Waals surface area contributed by atoms with Gasteiger partial charge < -0.3 is 9.13 Å². The number of aromatic nitrogens is 2. The van der Waals surface area contributed by atoms with E-state index in [4.69, 9.17) is 0 Å². The zero-order chi connectivity index (χ0) is 44.5. The molecule has 0 fully saturated rings. The number of benzene rings is 6. The highest BCUT2D eigenvalue weighted by Crippen LogP contribution is 2.25. The van der Waals surface area contributed by atoms with Crippen LogP contribution in [0.15, 0.2) is 205 Å². The lowest BCUT2D eigenvalue weighted by Gasteiger charge is -2.07. The molecule has 8 rings (SSSR count). The number of rotatable bonds is 6. The van der Waals surface area contributed by atoms with Crippen molar-refractivity contribution >= 4 is 60.2 Å². The molecule has 0 aliphatic carbocycles. The summed E-state index contributed by atoms with van der Waals surface area (Å²) in [5.74, 6) is 13.9. The predicted octanol–water partition coefficient (Wildman–Crippen LogP) is 14.5. The van der Waals surface area contributed by atoms with Gasteiger partial charge in [0.25, 0.3) is 0 Å². The second-order valence-electron chi connectivity index (χ2n) is 17.6. The van der Waals surface area contributed by atoms with Crippen molar-refractivity contribution in [3.8, 4) is 46.1 Å². The maximum atomic E-state index is 3.56. The van der Waals surface area contributed by atoms with Crippen molar-refractivity contribution in [3.63, 3.8) is 0 Å². The Morgan fingerprint density at radius 3 is 1.00 bits per heavy atom. The molecule has 0 aliphatic heterocycles. The van der Waals surface area contributed by atoms with Gasteiger partial charge in [-0.05, 0) is 81.6 Å². The minimum Gasteiger partial charge on any atom is -0.317 e. The molecule has 6 aromatic carbocycles. The Balaban J connectivity index is 1.28. The molecule has 8 aromatic rings. The van der Waals surface area contributed by atoms with Gasteiger partial charge in [0.15, 0.2) is 0 Å². The van der Waals surface area contributed by atoms with E-state index in [1.54, 1.807) is 0 Å². The average molecular weight is 853 g/mol. The van der Waals surface area contributed by atoms with Crippen LogP contribution in [0.1, 0.15) is 22.3 Å². The van der Waals surface area contributed by atoms with Crippen LogP contribution in [0.2, 0.25) is 39.3 Å². The van der Waals surface area contributed by atoms with Crippen LogP contribution in [0, 0.1) is 34.8 Å². The van der Waals surface area contributed by atoms with Crippen molar-refractivity contribution in [3.05, 3.63) is 227 Å². The minimum absolute atomic E-state index is 0.689. The first-order chi connectivity index (χ1) is 31.0. The largest absolute Gasteiger partial charge is 0.317 e. The minimum atomic E-state index is -1.73. The second kappa shape index (κ2) is 19.0. The van der Waals surface area contributed by atoms with Gasteiger partial charge in [0, 0.05) is 23.8 Å². The van der Waals surface area contributed by atoms with Crippen LogP contribution in [0.3, 0.4) is 0 Å². The van der Waals surface area contributed by atoms with Crippen molar-refractivity contribution in [1.29, 1.82) is 0 Å². The Hall–Kier alpha value is -7.89. The van der Waals surface area contributed by atoms with E-state index in [-0.39, 0.29) is 0 Å². The Morgan fingerprint density at radius 1 is 0.328 bits per heavy atom. The van der Waals surface area contributed by atoms with E-state index < -0.39 is 16.1 Å². The highest BCUT2D eigenvalue weighted by Gasteiger charge is 2.11. The third-order valence-corrected chi connectivity index (χ3v) is 12.0. The van der Waals surface area contributed by atoms with Crippen LogP contribution < -0.4 is 0 Å². The molecule has 0 saturated carbocycles. The predicted molar refractivity (Wildman–Crippen MR) is 277 cm³/mol. The summed E-state index contributed by atoms with van der Waals surface area (Å²) in [6.07, 6.45) is 4.23. The maximum Gasteiger partial charge on any atom is 0.129 e. The van der Waals surface area contributed by atoms with Gasteiger partial charge in [0.2, 0.25) is 0 Å². The quantitative estimate of drug-likeness (QED) is 0.0896. The Kier molecular flexibility index (Phi) is 12.7. The number of fused-ring (bicyclic) bond motifs is 2. The Morgan fingerprint density at radius 2 is 0.641 bits per heavy atom. The lowest BCUT2D eigenvalue weighted by atomic mass is 10.0. The summed E-state index contributed by atoms with van der Waals surface area (Å²) < 4.78 is 4.42. The van der Waals surface area contributed by atoms with Crippen molar-refractivity contribution in [2.75, 3.05) is 0 Å². The molecule has 2 nitrogen and oxygen atoms in total. The van der Waals surface area contributed by atoms with Crippen molar-refractivity contribution < 1.29 is 0 Å². The SMILES string of the molecule is C[Si](C)(C)C#CC(=C=C=C(C#CC(=C=C=C(C#C[Si](C)(C)C)c1ccc(-n2ccc3ccccc32)cc1)c1ccccc1)c1ccccc1)c1ccc(-n2ccc3ccccc32)cc1. The molecule has 64 heavy (non-hydrogen) atoms. The molecule has 4 heteroatoms. The van der Waals surface area contributed by atoms with E-state index in [1.165, 1.54) is 21.8 Å². The molecular formula is C60H48N2Si2. The molecule has 0 spiro atoms. The summed E-state index contributed by atoms with van der Waals surface area (Å²) in [5.41, 5.74) is 32.3. The molecule has 2 heterocycles. The number of allylic oxidation sites excluding steroid dienone is 4. The Labute approximate surface area is 380 Å². The van der Waals surface area contributed by atoms with E-state index in [9.17, 15) is 0 Å². The normalized spacial score (nSPS) is 10.7. The van der Waals surface area contributed by atoms with Crippen molar-refractivity contribution in [1.82, 2.24) is 9.13 Å². The fourth-order valence-corrected chi connectivity index (χ4v) is 7.98. The van der Waals surface area contributed by atoms with Crippen LogP contribution in [0.25, 0.3) is 55.5 Å². The Bertz CT molecular complexity index is 3180. The van der Waals surface area contributed by atoms with Crippen LogP contribution in [-0.2, 0) is 0 Å². The summed E-state index contributed by atoms with van der Waals surface area (Å²) >= 11 is 0. The fourth-order valence-electron chi connectivity index (χ4n) is 6.98. The van der Waals surface area contributed by atoms with Gasteiger partial charge in [-0.1, -0.05) is 207 Å². The molecule has 0 saturated heterocycles. The van der Waals surface area contributed by atoms with E-state index in [0.29, 0.717) is 11.1 Å². The summed E-state index contributed by atoms with van der Waals surface area (Å²) in [5, 5.41) is 2.41. The van der Waals surface area contributed by atoms with Gasteiger partial charge in [0.05, 0.1) is 33.3 Å². The van der Waals surface area contributed by atoms with Crippen LogP contribution >= 0.6 is 0 Å². The zero-order valence-electron chi connectivity index (χ0n) is 37.2. The van der Waals surface area contributed by atoms with Crippen LogP contribution in [-0.4, -0.2) is 25.3 Å². The molecule has 306 valence electrons. The van der Waals surface area contributed by atoms with Crippen LogP contribution in [0.5, 0.6) is 0 Å². The first-order valence-electron chi connectivity index (χ1n) is 21.5. The van der Waals surface area contributed by atoms with Gasteiger partial charge in [-0.2, -0.15) is 0 Å². The van der Waals surface area contributed by atoms with Gasteiger partial charge >= 0.3 is 0 Å². The smallest absolute Gasteiger partial charge is 0.129 e. The zero-order valence-corrected chi connectivity index (χ0v) is 39.2. The average Bonchev–Trinajstić information content (AvgIpc) is 3.94. The maximum absolute atomic E-state index is 3.56. The first-order valence-corrected chi connectivity index (χ1v) is 28.5. The summed E-state index contributed by atoms with van der Waals surface area (Å²) in [6, 6.07) is 58.4. The molecule has 2 aromatic heterocycles. The lowest BCUT2D eigenvalue weighted by molar-refractivity contribution is 1.13. The molecule has 0 bridgehead atoms. The van der Waals surface area contributed by atoms with Gasteiger partial charge in [0.1, 0.15) is 16.1 Å². The highest BCUT2D eigenvalue weighted by atomic mass is 28.3.